The first-order valence-corrected chi connectivity index (χ1v) is 12.6. The second kappa shape index (κ2) is 10.7. The number of dihydropyridines is 1. The molecule has 1 aliphatic carbocycles. The van der Waals surface area contributed by atoms with Gasteiger partial charge >= 0.3 is 5.97 Å². The van der Waals surface area contributed by atoms with Crippen LogP contribution in [0.15, 0.2) is 69.5 Å². The Morgan fingerprint density at radius 2 is 1.83 bits per heavy atom. The molecule has 2 atom stereocenters. The molecule has 2 aromatic carbocycles. The highest BCUT2D eigenvalue weighted by Crippen LogP contribution is 2.47. The standard InChI is InChI=1S/C28H30BrNO5/c1-5-12-35-28(32)25-16(2)30-21-13-18(17-10-11-23(33-3)24(15-17)34-4)14-22(31)27(21)26(25)19-8-6-7-9-20(19)29/h6-11,15,18,26,30H,5,12-14H2,1-4H3/t18-,26-/m1/s1. The molecule has 7 heteroatoms. The third kappa shape index (κ3) is 4.87. The van der Waals surface area contributed by atoms with E-state index in [2.05, 4.69) is 21.2 Å². The Labute approximate surface area is 214 Å². The number of Topliss-reactive ketones (excluding diaryl/α,β-unsaturated/α-hetero) is 1. The van der Waals surface area contributed by atoms with Gasteiger partial charge in [0.15, 0.2) is 17.3 Å². The maximum Gasteiger partial charge on any atom is 0.336 e. The normalized spacial score (nSPS) is 19.7. The molecule has 0 fully saturated rings. The van der Waals surface area contributed by atoms with Crippen LogP contribution in [0.3, 0.4) is 0 Å². The van der Waals surface area contributed by atoms with Crippen LogP contribution < -0.4 is 14.8 Å². The van der Waals surface area contributed by atoms with Crippen molar-refractivity contribution in [3.63, 3.8) is 0 Å². The number of benzene rings is 2. The molecule has 0 aromatic heterocycles. The third-order valence-corrected chi connectivity index (χ3v) is 7.30. The summed E-state index contributed by atoms with van der Waals surface area (Å²) in [7, 11) is 3.21. The van der Waals surface area contributed by atoms with Gasteiger partial charge in [-0.25, -0.2) is 4.79 Å². The number of carbonyl (C=O) groups excluding carboxylic acids is 2. The smallest absolute Gasteiger partial charge is 0.336 e. The molecule has 1 aliphatic heterocycles. The van der Waals surface area contributed by atoms with Crippen LogP contribution in [-0.2, 0) is 14.3 Å². The first kappa shape index (κ1) is 25.0. The van der Waals surface area contributed by atoms with Crippen molar-refractivity contribution >= 4 is 27.7 Å². The van der Waals surface area contributed by atoms with E-state index in [-0.39, 0.29) is 17.7 Å². The Kier molecular flexibility index (Phi) is 7.65. The van der Waals surface area contributed by atoms with Gasteiger partial charge in [0, 0.05) is 33.8 Å². The zero-order chi connectivity index (χ0) is 25.1. The summed E-state index contributed by atoms with van der Waals surface area (Å²) in [6.45, 7) is 4.17. The van der Waals surface area contributed by atoms with E-state index in [0.717, 1.165) is 27.7 Å². The molecule has 0 bridgehead atoms. The van der Waals surface area contributed by atoms with Crippen LogP contribution >= 0.6 is 15.9 Å². The average Bonchev–Trinajstić information content (AvgIpc) is 2.86. The summed E-state index contributed by atoms with van der Waals surface area (Å²) >= 11 is 3.64. The van der Waals surface area contributed by atoms with E-state index in [0.29, 0.717) is 47.8 Å². The molecular formula is C28H30BrNO5. The van der Waals surface area contributed by atoms with E-state index >= 15 is 0 Å². The number of rotatable bonds is 7. The van der Waals surface area contributed by atoms with Crippen LogP contribution in [0.4, 0.5) is 0 Å². The molecule has 4 rings (SSSR count). The van der Waals surface area contributed by atoms with Gasteiger partial charge in [0.05, 0.1) is 26.4 Å². The lowest BCUT2D eigenvalue weighted by atomic mass is 9.71. The van der Waals surface area contributed by atoms with Gasteiger partial charge in [0.2, 0.25) is 0 Å². The molecule has 1 heterocycles. The highest BCUT2D eigenvalue weighted by atomic mass is 79.9. The van der Waals surface area contributed by atoms with Crippen LogP contribution in [-0.4, -0.2) is 32.6 Å². The summed E-state index contributed by atoms with van der Waals surface area (Å²) in [5.74, 6) is 0.403. The van der Waals surface area contributed by atoms with Crippen molar-refractivity contribution in [3.8, 4) is 11.5 Å². The number of ketones is 1. The molecular weight excluding hydrogens is 510 g/mol. The van der Waals surface area contributed by atoms with Gasteiger partial charge in [-0.15, -0.1) is 0 Å². The van der Waals surface area contributed by atoms with Gasteiger partial charge in [-0.2, -0.15) is 0 Å². The zero-order valence-electron chi connectivity index (χ0n) is 20.4. The maximum atomic E-state index is 13.7. The number of allylic oxidation sites excluding steroid dienone is 3. The Morgan fingerprint density at radius 1 is 1.09 bits per heavy atom. The minimum Gasteiger partial charge on any atom is -0.493 e. The lowest BCUT2D eigenvalue weighted by Gasteiger charge is -2.37. The predicted octanol–water partition coefficient (Wildman–Crippen LogP) is 5.78. The predicted molar refractivity (Wildman–Crippen MR) is 138 cm³/mol. The second-order valence-corrected chi connectivity index (χ2v) is 9.64. The highest BCUT2D eigenvalue weighted by Gasteiger charge is 2.42. The van der Waals surface area contributed by atoms with Crippen LogP contribution in [0.1, 0.15) is 56.1 Å². The first-order chi connectivity index (χ1) is 16.9. The van der Waals surface area contributed by atoms with Crippen molar-refractivity contribution in [2.75, 3.05) is 20.8 Å². The molecule has 2 aliphatic rings. The summed E-state index contributed by atoms with van der Waals surface area (Å²) < 4.78 is 17.2. The quantitative estimate of drug-likeness (QED) is 0.449. The first-order valence-electron chi connectivity index (χ1n) is 11.8. The maximum absolute atomic E-state index is 13.7. The van der Waals surface area contributed by atoms with Gasteiger partial charge in [-0.3, -0.25) is 4.79 Å². The summed E-state index contributed by atoms with van der Waals surface area (Å²) in [6.07, 6.45) is 1.71. The Bertz CT molecular complexity index is 1220. The van der Waals surface area contributed by atoms with Crippen molar-refractivity contribution in [2.24, 2.45) is 0 Å². The lowest BCUT2D eigenvalue weighted by Crippen LogP contribution is -2.36. The summed E-state index contributed by atoms with van der Waals surface area (Å²) in [5, 5.41) is 3.39. The molecule has 0 radical (unpaired) electrons. The fourth-order valence-corrected chi connectivity index (χ4v) is 5.46. The van der Waals surface area contributed by atoms with Crippen molar-refractivity contribution in [2.45, 2.75) is 44.9 Å². The highest BCUT2D eigenvalue weighted by molar-refractivity contribution is 9.10. The molecule has 2 aromatic rings. The molecule has 0 amide bonds. The van der Waals surface area contributed by atoms with E-state index in [1.54, 1.807) is 14.2 Å². The lowest BCUT2D eigenvalue weighted by molar-refractivity contribution is -0.139. The molecule has 0 unspecified atom stereocenters. The van der Waals surface area contributed by atoms with Crippen molar-refractivity contribution < 1.29 is 23.8 Å². The minimum atomic E-state index is -0.495. The number of methoxy groups -OCH3 is 2. The summed E-state index contributed by atoms with van der Waals surface area (Å²) in [6, 6.07) is 13.5. The number of nitrogens with one attached hydrogen (secondary N) is 1. The van der Waals surface area contributed by atoms with Gasteiger partial charge in [-0.05, 0) is 55.0 Å². The monoisotopic (exact) mass is 539 g/mol. The number of esters is 1. The van der Waals surface area contributed by atoms with Crippen molar-refractivity contribution in [1.82, 2.24) is 5.32 Å². The van der Waals surface area contributed by atoms with E-state index in [4.69, 9.17) is 14.2 Å². The Morgan fingerprint density at radius 3 is 2.51 bits per heavy atom. The van der Waals surface area contributed by atoms with Crippen LogP contribution in [0.25, 0.3) is 0 Å². The van der Waals surface area contributed by atoms with Gasteiger partial charge < -0.3 is 19.5 Å². The molecule has 1 N–H and O–H groups in total. The number of ether oxygens (including phenoxy) is 3. The average molecular weight is 540 g/mol. The molecule has 35 heavy (non-hydrogen) atoms. The zero-order valence-corrected chi connectivity index (χ0v) is 22.0. The Hall–Kier alpha value is -3.06. The van der Waals surface area contributed by atoms with Crippen LogP contribution in [0.2, 0.25) is 0 Å². The summed E-state index contributed by atoms with van der Waals surface area (Å²) in [5.41, 5.74) is 4.58. The molecule has 6 nitrogen and oxygen atoms in total. The Balaban J connectivity index is 1.77. The fraction of sp³-hybridized carbons (Fsp3) is 0.357. The number of halogens is 1. The molecule has 0 spiro atoms. The van der Waals surface area contributed by atoms with Gasteiger partial charge in [-0.1, -0.05) is 47.1 Å². The van der Waals surface area contributed by atoms with E-state index < -0.39 is 5.92 Å². The SMILES string of the molecule is CCCOC(=O)C1=C(C)NC2=C(C(=O)C[C@H](c3ccc(OC)c(OC)c3)C2)[C@@H]1c1ccccc1Br. The van der Waals surface area contributed by atoms with Crippen molar-refractivity contribution in [1.29, 1.82) is 0 Å². The topological polar surface area (TPSA) is 73.9 Å². The largest absolute Gasteiger partial charge is 0.493 e. The number of hydrogen-bond acceptors (Lipinski definition) is 6. The fourth-order valence-electron chi connectivity index (χ4n) is 4.94. The third-order valence-electron chi connectivity index (χ3n) is 6.58. The number of hydrogen-bond donors (Lipinski definition) is 1. The van der Waals surface area contributed by atoms with Crippen LogP contribution in [0, 0.1) is 0 Å². The van der Waals surface area contributed by atoms with Gasteiger partial charge in [0.25, 0.3) is 0 Å². The van der Waals surface area contributed by atoms with E-state index in [1.165, 1.54) is 0 Å². The molecule has 0 saturated carbocycles. The summed E-state index contributed by atoms with van der Waals surface area (Å²) in [4.78, 5) is 26.9. The number of carbonyl (C=O) groups is 2. The second-order valence-electron chi connectivity index (χ2n) is 8.79. The van der Waals surface area contributed by atoms with E-state index in [9.17, 15) is 9.59 Å². The minimum absolute atomic E-state index is 0.0187. The molecule has 184 valence electrons. The molecule has 0 saturated heterocycles. The van der Waals surface area contributed by atoms with Gasteiger partial charge in [0.1, 0.15) is 0 Å². The van der Waals surface area contributed by atoms with E-state index in [1.807, 2.05) is 56.3 Å². The van der Waals surface area contributed by atoms with Crippen molar-refractivity contribution in [3.05, 3.63) is 80.6 Å². The van der Waals surface area contributed by atoms with Crippen LogP contribution in [0.5, 0.6) is 11.5 Å².